The van der Waals surface area contributed by atoms with E-state index < -0.39 is 98.0 Å². The average molecular weight is 626 g/mol. The van der Waals surface area contributed by atoms with Crippen molar-refractivity contribution >= 4 is 0 Å². The Morgan fingerprint density at radius 1 is 0.538 bits per heavy atom. The first-order chi connectivity index (χ1) is 17.0. The van der Waals surface area contributed by atoms with Crippen LogP contribution in [0.2, 0.25) is 0 Å². The van der Waals surface area contributed by atoms with Crippen LogP contribution in [0.15, 0.2) is 0 Å². The Kier molecular flexibility index (Phi) is 9.53. The van der Waals surface area contributed by atoms with Gasteiger partial charge in [0.05, 0.1) is 13.2 Å². The second kappa shape index (κ2) is 10.4. The van der Waals surface area contributed by atoms with E-state index in [-0.39, 0.29) is 0 Å². The van der Waals surface area contributed by atoms with Crippen LogP contribution in [0, 0.1) is 0 Å². The van der Waals surface area contributed by atoms with E-state index in [4.69, 9.17) is 5.11 Å². The Hall–Kier alpha value is -1.43. The quantitative estimate of drug-likeness (QED) is 0.263. The molecule has 6 nitrogen and oxygen atoms in total. The summed E-state index contributed by atoms with van der Waals surface area (Å²) in [7, 11) is 0. The SMILES string of the molecule is OC[C@H]1O[C@H](OCCC(F)(F)C(F)(F)C(F)(F)C(F)(F)C(F)(F)C(F)(F)C(F)(F)C(F)(F)F)[C@@H](O)[C@@H](O)[C@@H]1O. The third-order valence-corrected chi connectivity index (χ3v) is 5.33. The normalized spacial score (nSPS) is 27.2. The van der Waals surface area contributed by atoms with E-state index >= 15 is 0 Å². The van der Waals surface area contributed by atoms with Crippen molar-refractivity contribution in [3.8, 4) is 0 Å². The minimum Gasteiger partial charge on any atom is -0.394 e. The standard InChI is InChI=1S/C16H15F17O6/c17-9(18,1-2-38-8-7(37)6(36)5(35)4(3-34)39-8)10(19,20)11(21,22)12(23,24)13(25,26)14(27,28)15(29,30)16(31,32)33/h4-8,34-37H,1-3H2/t4-,5-,6+,7+,8+/m1/s1. The molecule has 1 fully saturated rings. The van der Waals surface area contributed by atoms with Crippen LogP contribution in [0.3, 0.4) is 0 Å². The molecule has 0 saturated carbocycles. The number of alkyl halides is 17. The van der Waals surface area contributed by atoms with Gasteiger partial charge in [0.1, 0.15) is 24.4 Å². The topological polar surface area (TPSA) is 99.4 Å². The number of hydrogen-bond donors (Lipinski definition) is 4. The van der Waals surface area contributed by atoms with Gasteiger partial charge in [-0.2, -0.15) is 74.6 Å². The third kappa shape index (κ3) is 5.33. The van der Waals surface area contributed by atoms with Crippen LogP contribution in [0.25, 0.3) is 0 Å². The molecule has 0 amide bonds. The zero-order chi connectivity index (χ0) is 31.4. The molecule has 0 radical (unpaired) electrons. The molecule has 0 aromatic heterocycles. The molecule has 39 heavy (non-hydrogen) atoms. The summed E-state index contributed by atoms with van der Waals surface area (Å²) >= 11 is 0. The van der Waals surface area contributed by atoms with E-state index in [0.29, 0.717) is 0 Å². The van der Waals surface area contributed by atoms with Crippen molar-refractivity contribution in [3.05, 3.63) is 0 Å². The Morgan fingerprint density at radius 2 is 0.923 bits per heavy atom. The summed E-state index contributed by atoms with van der Waals surface area (Å²) in [5.41, 5.74) is 0. The number of ether oxygens (including phenoxy) is 2. The summed E-state index contributed by atoms with van der Waals surface area (Å²) < 4.78 is 233. The monoisotopic (exact) mass is 626 g/mol. The molecular formula is C16H15F17O6. The lowest BCUT2D eigenvalue weighted by Gasteiger charge is -2.43. The Bertz CT molecular complexity index is 846. The van der Waals surface area contributed by atoms with Gasteiger partial charge in [-0.3, -0.25) is 0 Å². The van der Waals surface area contributed by atoms with Gasteiger partial charge in [-0.25, -0.2) is 0 Å². The molecule has 0 aliphatic carbocycles. The molecule has 1 heterocycles. The van der Waals surface area contributed by atoms with Gasteiger partial charge in [-0.1, -0.05) is 0 Å². The van der Waals surface area contributed by atoms with Crippen molar-refractivity contribution in [3.63, 3.8) is 0 Å². The van der Waals surface area contributed by atoms with Gasteiger partial charge in [0.25, 0.3) is 0 Å². The number of hydrogen-bond acceptors (Lipinski definition) is 6. The summed E-state index contributed by atoms with van der Waals surface area (Å²) in [6.45, 7) is -3.28. The van der Waals surface area contributed by atoms with Crippen molar-refractivity contribution in [2.75, 3.05) is 13.2 Å². The van der Waals surface area contributed by atoms with E-state index in [9.17, 15) is 90.0 Å². The van der Waals surface area contributed by atoms with Crippen LogP contribution in [-0.2, 0) is 9.47 Å². The van der Waals surface area contributed by atoms with Crippen molar-refractivity contribution in [2.24, 2.45) is 0 Å². The zero-order valence-corrected chi connectivity index (χ0v) is 18.0. The van der Waals surface area contributed by atoms with Gasteiger partial charge >= 0.3 is 47.6 Å². The molecule has 1 aliphatic heterocycles. The molecule has 5 atom stereocenters. The van der Waals surface area contributed by atoms with E-state index in [1.165, 1.54) is 0 Å². The minimum atomic E-state index is -8.74. The molecule has 4 N–H and O–H groups in total. The second-order valence-corrected chi connectivity index (χ2v) is 7.97. The largest absolute Gasteiger partial charge is 0.460 e. The molecular weight excluding hydrogens is 611 g/mol. The lowest BCUT2D eigenvalue weighted by atomic mass is 9.88. The van der Waals surface area contributed by atoms with Crippen LogP contribution in [0.5, 0.6) is 0 Å². The van der Waals surface area contributed by atoms with Crippen LogP contribution in [0.4, 0.5) is 74.6 Å². The summed E-state index contributed by atoms with van der Waals surface area (Å²) in [5, 5.41) is 37.3. The smallest absolute Gasteiger partial charge is 0.394 e. The van der Waals surface area contributed by atoms with Gasteiger partial charge in [0.2, 0.25) is 0 Å². The molecule has 234 valence electrons. The number of aliphatic hydroxyl groups excluding tert-OH is 4. The van der Waals surface area contributed by atoms with Crippen molar-refractivity contribution in [1.29, 1.82) is 0 Å². The van der Waals surface area contributed by atoms with E-state index in [2.05, 4.69) is 9.47 Å². The molecule has 0 aromatic carbocycles. The second-order valence-electron chi connectivity index (χ2n) is 7.97. The lowest BCUT2D eigenvalue weighted by Crippen LogP contribution is -2.74. The first-order valence-electron chi connectivity index (χ1n) is 9.64. The van der Waals surface area contributed by atoms with Gasteiger partial charge in [0, 0.05) is 6.42 Å². The lowest BCUT2D eigenvalue weighted by molar-refractivity contribution is -0.462. The number of aliphatic hydroxyl groups is 4. The molecule has 0 unspecified atom stereocenters. The van der Waals surface area contributed by atoms with E-state index in [1.54, 1.807) is 0 Å². The predicted octanol–water partition coefficient (Wildman–Crippen LogP) is 3.20. The summed E-state index contributed by atoms with van der Waals surface area (Å²) in [5.74, 6) is -57.4. The Labute approximate surface area is 203 Å². The molecule has 0 bridgehead atoms. The van der Waals surface area contributed by atoms with Crippen molar-refractivity contribution in [2.45, 2.75) is 84.8 Å². The van der Waals surface area contributed by atoms with Crippen LogP contribution in [-0.4, -0.2) is 112 Å². The van der Waals surface area contributed by atoms with E-state index in [1.807, 2.05) is 0 Å². The third-order valence-electron chi connectivity index (χ3n) is 5.33. The highest BCUT2D eigenvalue weighted by Crippen LogP contribution is 2.64. The Balaban J connectivity index is 3.27. The Morgan fingerprint density at radius 3 is 1.31 bits per heavy atom. The summed E-state index contributed by atoms with van der Waals surface area (Å²) in [6, 6.07) is 0. The molecule has 1 saturated heterocycles. The maximum Gasteiger partial charge on any atom is 0.460 e. The van der Waals surface area contributed by atoms with Crippen molar-refractivity contribution < 1.29 is 105 Å². The molecule has 0 aromatic rings. The highest BCUT2D eigenvalue weighted by molar-refractivity contribution is 5.15. The highest BCUT2D eigenvalue weighted by Gasteiger charge is 2.95. The van der Waals surface area contributed by atoms with Gasteiger partial charge < -0.3 is 29.9 Å². The average Bonchev–Trinajstić information content (AvgIpc) is 2.77. The maximum absolute atomic E-state index is 13.8. The van der Waals surface area contributed by atoms with Crippen LogP contribution < -0.4 is 0 Å². The fourth-order valence-corrected chi connectivity index (χ4v) is 2.86. The fraction of sp³-hybridized carbons (Fsp3) is 1.00. The number of halogens is 17. The minimum absolute atomic E-state index is 1.17. The maximum atomic E-state index is 13.8. The van der Waals surface area contributed by atoms with E-state index in [0.717, 1.165) is 0 Å². The molecule has 0 spiro atoms. The summed E-state index contributed by atoms with van der Waals surface area (Å²) in [6.07, 6.45) is -21.9. The molecule has 23 heteroatoms. The highest BCUT2D eigenvalue weighted by atomic mass is 19.4. The molecule has 1 rings (SSSR count). The summed E-state index contributed by atoms with van der Waals surface area (Å²) in [4.78, 5) is 0. The van der Waals surface area contributed by atoms with Crippen molar-refractivity contribution in [1.82, 2.24) is 0 Å². The zero-order valence-electron chi connectivity index (χ0n) is 18.0. The predicted molar refractivity (Wildman–Crippen MR) is 85.0 cm³/mol. The van der Waals surface area contributed by atoms with Gasteiger partial charge in [0.15, 0.2) is 6.29 Å². The van der Waals surface area contributed by atoms with Gasteiger partial charge in [-0.15, -0.1) is 0 Å². The van der Waals surface area contributed by atoms with Crippen LogP contribution in [0.1, 0.15) is 6.42 Å². The first kappa shape index (κ1) is 35.6. The molecule has 1 aliphatic rings. The fourth-order valence-electron chi connectivity index (χ4n) is 2.86. The number of rotatable bonds is 11. The van der Waals surface area contributed by atoms with Crippen LogP contribution >= 0.6 is 0 Å². The van der Waals surface area contributed by atoms with Gasteiger partial charge in [-0.05, 0) is 0 Å². The first-order valence-corrected chi connectivity index (χ1v) is 9.64.